The lowest BCUT2D eigenvalue weighted by atomic mass is 9.75. The van der Waals surface area contributed by atoms with Crippen LogP contribution in [0.3, 0.4) is 0 Å². The van der Waals surface area contributed by atoms with Crippen LogP contribution in [0.2, 0.25) is 0 Å². The average molecular weight is 403 g/mol. The molecule has 1 saturated carbocycles. The van der Waals surface area contributed by atoms with Crippen LogP contribution in [0.1, 0.15) is 49.9 Å². The standard InChI is InChI=1S/C23H30N2O2.ClH/c1-23(2)12-10-20(11-13-23)25-14-15-27-21-5-3-4-19(16-21)17-6-8-18(9-7-17)22(24)26;/h3-9,16,20,25H,10-15H2,1-2H3,(H2,24,26);1H. The number of carbonyl (C=O) groups excluding carboxylic acids is 1. The van der Waals surface area contributed by atoms with Gasteiger partial charge in [-0.1, -0.05) is 38.1 Å². The number of hydrogen-bond acceptors (Lipinski definition) is 3. The minimum atomic E-state index is -0.410. The maximum absolute atomic E-state index is 11.2. The van der Waals surface area contributed by atoms with Crippen molar-refractivity contribution < 1.29 is 9.53 Å². The topological polar surface area (TPSA) is 64.3 Å². The lowest BCUT2D eigenvalue weighted by Crippen LogP contribution is -2.37. The van der Waals surface area contributed by atoms with Crippen molar-refractivity contribution in [3.8, 4) is 16.9 Å². The second-order valence-electron chi connectivity index (χ2n) is 8.21. The van der Waals surface area contributed by atoms with E-state index in [0.29, 0.717) is 23.6 Å². The minimum absolute atomic E-state index is 0. The normalized spacial score (nSPS) is 16.2. The summed E-state index contributed by atoms with van der Waals surface area (Å²) in [6.45, 7) is 6.24. The van der Waals surface area contributed by atoms with Crippen LogP contribution >= 0.6 is 12.4 Å². The molecule has 0 radical (unpaired) electrons. The number of primary amides is 1. The molecule has 5 heteroatoms. The number of carbonyl (C=O) groups is 1. The Hall–Kier alpha value is -2.04. The molecule has 0 unspecified atom stereocenters. The van der Waals surface area contributed by atoms with Gasteiger partial charge in [0, 0.05) is 18.2 Å². The molecule has 2 aromatic carbocycles. The smallest absolute Gasteiger partial charge is 0.248 e. The van der Waals surface area contributed by atoms with Crippen molar-refractivity contribution in [1.82, 2.24) is 5.32 Å². The van der Waals surface area contributed by atoms with Gasteiger partial charge >= 0.3 is 0 Å². The molecule has 28 heavy (non-hydrogen) atoms. The molecule has 0 spiro atoms. The maximum atomic E-state index is 11.2. The number of nitrogens with one attached hydrogen (secondary N) is 1. The van der Waals surface area contributed by atoms with Gasteiger partial charge in [0.2, 0.25) is 5.91 Å². The van der Waals surface area contributed by atoms with Gasteiger partial charge in [-0.15, -0.1) is 12.4 Å². The lowest BCUT2D eigenvalue weighted by Gasteiger charge is -2.34. The third kappa shape index (κ3) is 6.25. The zero-order valence-electron chi connectivity index (χ0n) is 16.7. The molecule has 4 nitrogen and oxygen atoms in total. The highest BCUT2D eigenvalue weighted by molar-refractivity contribution is 5.93. The predicted molar refractivity (Wildman–Crippen MR) is 117 cm³/mol. The van der Waals surface area contributed by atoms with E-state index in [2.05, 4.69) is 19.2 Å². The fraction of sp³-hybridized carbons (Fsp3) is 0.435. The number of nitrogens with two attached hydrogens (primary N) is 1. The van der Waals surface area contributed by atoms with E-state index < -0.39 is 5.91 Å². The van der Waals surface area contributed by atoms with E-state index in [-0.39, 0.29) is 12.4 Å². The monoisotopic (exact) mass is 402 g/mol. The molecule has 2 aromatic rings. The third-order valence-corrected chi connectivity index (χ3v) is 5.48. The lowest BCUT2D eigenvalue weighted by molar-refractivity contribution is 0.100. The van der Waals surface area contributed by atoms with Gasteiger partial charge in [-0.05, 0) is 66.5 Å². The van der Waals surface area contributed by atoms with Crippen LogP contribution in [0.15, 0.2) is 48.5 Å². The van der Waals surface area contributed by atoms with E-state index >= 15 is 0 Å². The number of rotatable bonds is 7. The number of hydrogen-bond donors (Lipinski definition) is 2. The Bertz CT molecular complexity index is 764. The van der Waals surface area contributed by atoms with Gasteiger partial charge < -0.3 is 15.8 Å². The summed E-state index contributed by atoms with van der Waals surface area (Å²) < 4.78 is 5.93. The van der Waals surface area contributed by atoms with Crippen LogP contribution in [0.4, 0.5) is 0 Å². The quantitative estimate of drug-likeness (QED) is 0.653. The first-order valence-electron chi connectivity index (χ1n) is 9.79. The summed E-state index contributed by atoms with van der Waals surface area (Å²) in [5.41, 5.74) is 8.42. The van der Waals surface area contributed by atoms with E-state index in [9.17, 15) is 4.79 Å². The highest BCUT2D eigenvalue weighted by Gasteiger charge is 2.26. The fourth-order valence-electron chi connectivity index (χ4n) is 3.63. The van der Waals surface area contributed by atoms with Crippen LogP contribution in [-0.2, 0) is 0 Å². The molecule has 0 atom stereocenters. The van der Waals surface area contributed by atoms with Crippen molar-refractivity contribution in [3.63, 3.8) is 0 Å². The molecule has 3 N–H and O–H groups in total. The summed E-state index contributed by atoms with van der Waals surface area (Å²) in [6, 6.07) is 16.0. The molecule has 0 saturated heterocycles. The number of halogens is 1. The van der Waals surface area contributed by atoms with Crippen molar-refractivity contribution in [2.45, 2.75) is 45.6 Å². The summed E-state index contributed by atoms with van der Waals surface area (Å²) in [6.07, 6.45) is 5.10. The number of amides is 1. The molecule has 0 heterocycles. The molecular weight excluding hydrogens is 372 g/mol. The predicted octanol–water partition coefficient (Wildman–Crippen LogP) is 4.81. The number of benzene rings is 2. The Morgan fingerprint density at radius 2 is 1.79 bits per heavy atom. The Morgan fingerprint density at radius 3 is 2.43 bits per heavy atom. The van der Waals surface area contributed by atoms with Gasteiger partial charge in [0.05, 0.1) is 0 Å². The van der Waals surface area contributed by atoms with Crippen LogP contribution in [-0.4, -0.2) is 25.1 Å². The Balaban J connectivity index is 0.00000280. The first kappa shape index (κ1) is 22.3. The summed E-state index contributed by atoms with van der Waals surface area (Å²) in [7, 11) is 0. The van der Waals surface area contributed by atoms with Gasteiger partial charge in [0.1, 0.15) is 12.4 Å². The molecule has 0 bridgehead atoms. The third-order valence-electron chi connectivity index (χ3n) is 5.48. The Morgan fingerprint density at radius 1 is 1.11 bits per heavy atom. The zero-order valence-corrected chi connectivity index (χ0v) is 17.6. The van der Waals surface area contributed by atoms with Crippen molar-refractivity contribution >= 4 is 18.3 Å². The van der Waals surface area contributed by atoms with E-state index in [1.165, 1.54) is 25.7 Å². The van der Waals surface area contributed by atoms with Crippen LogP contribution in [0.25, 0.3) is 11.1 Å². The van der Waals surface area contributed by atoms with Gasteiger partial charge in [0.25, 0.3) is 0 Å². The van der Waals surface area contributed by atoms with Crippen LogP contribution < -0.4 is 15.8 Å². The first-order valence-corrected chi connectivity index (χ1v) is 9.79. The summed E-state index contributed by atoms with van der Waals surface area (Å²) >= 11 is 0. The average Bonchev–Trinajstić information content (AvgIpc) is 2.67. The minimum Gasteiger partial charge on any atom is -0.492 e. The maximum Gasteiger partial charge on any atom is 0.248 e. The zero-order chi connectivity index (χ0) is 19.3. The van der Waals surface area contributed by atoms with Crippen molar-refractivity contribution in [2.24, 2.45) is 11.1 Å². The molecule has 1 aliphatic rings. The summed E-state index contributed by atoms with van der Waals surface area (Å²) in [5.74, 6) is 0.450. The molecule has 0 aliphatic heterocycles. The second kappa shape index (κ2) is 9.94. The van der Waals surface area contributed by atoms with Crippen molar-refractivity contribution in [1.29, 1.82) is 0 Å². The highest BCUT2D eigenvalue weighted by atomic mass is 35.5. The van der Waals surface area contributed by atoms with Gasteiger partial charge in [-0.2, -0.15) is 0 Å². The summed E-state index contributed by atoms with van der Waals surface area (Å²) in [5, 5.41) is 3.62. The summed E-state index contributed by atoms with van der Waals surface area (Å²) in [4.78, 5) is 11.2. The van der Waals surface area contributed by atoms with Crippen LogP contribution in [0, 0.1) is 5.41 Å². The van der Waals surface area contributed by atoms with Gasteiger partial charge in [0.15, 0.2) is 0 Å². The van der Waals surface area contributed by atoms with E-state index in [1.54, 1.807) is 12.1 Å². The largest absolute Gasteiger partial charge is 0.492 e. The van der Waals surface area contributed by atoms with Gasteiger partial charge in [-0.25, -0.2) is 0 Å². The van der Waals surface area contributed by atoms with Crippen molar-refractivity contribution in [2.75, 3.05) is 13.2 Å². The first-order chi connectivity index (χ1) is 12.9. The molecule has 152 valence electrons. The molecule has 0 aromatic heterocycles. The van der Waals surface area contributed by atoms with E-state index in [4.69, 9.17) is 10.5 Å². The Labute approximate surface area is 174 Å². The van der Waals surface area contributed by atoms with Crippen molar-refractivity contribution in [3.05, 3.63) is 54.1 Å². The molecule has 1 amide bonds. The van der Waals surface area contributed by atoms with Gasteiger partial charge in [-0.3, -0.25) is 4.79 Å². The molecule has 3 rings (SSSR count). The number of ether oxygens (including phenoxy) is 1. The highest BCUT2D eigenvalue weighted by Crippen LogP contribution is 2.34. The molecule has 1 aliphatic carbocycles. The van der Waals surface area contributed by atoms with Crippen LogP contribution in [0.5, 0.6) is 5.75 Å². The molecule has 1 fully saturated rings. The fourth-order valence-corrected chi connectivity index (χ4v) is 3.63. The van der Waals surface area contributed by atoms with E-state index in [1.807, 2.05) is 36.4 Å². The Kier molecular flexibility index (Phi) is 7.90. The molecular formula is C23H31ClN2O2. The van der Waals surface area contributed by atoms with E-state index in [0.717, 1.165) is 23.4 Å². The SMILES string of the molecule is CC1(C)CCC(NCCOc2cccc(-c3ccc(C(N)=O)cc3)c2)CC1.Cl. The second-order valence-corrected chi connectivity index (χ2v) is 8.21.